The molecule has 1 amide bonds. The molecular formula is C27H39N5O5S2Si. The molecule has 0 aliphatic rings. The molecule has 0 radical (unpaired) electrons. The van der Waals surface area contributed by atoms with Gasteiger partial charge >= 0.3 is 0 Å². The van der Waals surface area contributed by atoms with Crippen LogP contribution in [0.3, 0.4) is 0 Å². The zero-order valence-corrected chi connectivity index (χ0v) is 26.9. The van der Waals surface area contributed by atoms with Gasteiger partial charge in [0.2, 0.25) is 5.09 Å². The smallest absolute Gasteiger partial charge is 0.296 e. The summed E-state index contributed by atoms with van der Waals surface area (Å²) in [7, 11) is -3.00. The van der Waals surface area contributed by atoms with E-state index < -0.39 is 24.2 Å². The van der Waals surface area contributed by atoms with Gasteiger partial charge < -0.3 is 19.1 Å². The van der Waals surface area contributed by atoms with Crippen LogP contribution in [0.25, 0.3) is 0 Å². The van der Waals surface area contributed by atoms with Crippen LogP contribution in [0.5, 0.6) is 0 Å². The highest BCUT2D eigenvalue weighted by atomic mass is 32.2. The highest BCUT2D eigenvalue weighted by molar-refractivity contribution is 7.98. The van der Waals surface area contributed by atoms with Crippen molar-refractivity contribution in [1.29, 1.82) is 0 Å². The average molecular weight is 606 g/mol. The molecule has 0 fully saturated rings. The summed E-state index contributed by atoms with van der Waals surface area (Å²) in [6, 6.07) is 13.9. The third kappa shape index (κ3) is 8.56. The first-order valence-corrected chi connectivity index (χ1v) is 18.3. The topological polar surface area (TPSA) is 127 Å². The molecule has 0 aliphatic carbocycles. The summed E-state index contributed by atoms with van der Waals surface area (Å²) in [5.74, 6) is 0.614. The summed E-state index contributed by atoms with van der Waals surface area (Å²) in [5, 5.41) is 3.41. The van der Waals surface area contributed by atoms with Gasteiger partial charge in [0, 0.05) is 32.0 Å². The van der Waals surface area contributed by atoms with E-state index in [1.54, 1.807) is 14.1 Å². The van der Waals surface area contributed by atoms with Gasteiger partial charge in [0.15, 0.2) is 19.2 Å². The standard InChI is InChI=1S/C27H39N5O5S2Si/c1-19(17-36-40(7,8)27(2,3)4)28-22-16-23(30-26(29-22)38-18-20-12-10-9-11-13-20)31-39(34,35)24-15-14-21(37-24)25(33)32(5)6/h9-16,19H,17-18H2,1-8H3,(H2,28,29,30,31)/t19-/m1/s1. The second-order valence-corrected chi connectivity index (χ2v) is 18.6. The number of hydrogen-bond acceptors (Lipinski definition) is 9. The molecule has 1 aromatic carbocycles. The van der Waals surface area contributed by atoms with E-state index in [-0.39, 0.29) is 27.8 Å². The van der Waals surface area contributed by atoms with Gasteiger partial charge in [0.1, 0.15) is 11.6 Å². The number of aromatic nitrogens is 2. The Bertz CT molecular complexity index is 1410. The van der Waals surface area contributed by atoms with Crippen molar-refractivity contribution in [3.8, 4) is 0 Å². The van der Waals surface area contributed by atoms with Crippen LogP contribution < -0.4 is 10.0 Å². The third-order valence-corrected chi connectivity index (χ3v) is 13.2. The lowest BCUT2D eigenvalue weighted by Crippen LogP contribution is -2.43. The van der Waals surface area contributed by atoms with E-state index in [0.717, 1.165) is 5.56 Å². The first kappa shape index (κ1) is 31.7. The van der Waals surface area contributed by atoms with E-state index in [9.17, 15) is 13.2 Å². The predicted molar refractivity (Wildman–Crippen MR) is 162 cm³/mol. The number of anilines is 2. The van der Waals surface area contributed by atoms with E-state index in [1.165, 1.54) is 34.9 Å². The number of hydrogen-bond donors (Lipinski definition) is 2. The minimum Gasteiger partial charge on any atom is -0.438 e. The number of nitrogens with zero attached hydrogens (tertiary/aromatic N) is 3. The normalized spacial score (nSPS) is 13.1. The predicted octanol–water partition coefficient (Wildman–Crippen LogP) is 5.69. The first-order valence-electron chi connectivity index (χ1n) is 12.9. The van der Waals surface area contributed by atoms with Crippen molar-refractivity contribution < 1.29 is 22.1 Å². The van der Waals surface area contributed by atoms with Gasteiger partial charge in [-0.25, -0.2) is 9.97 Å². The lowest BCUT2D eigenvalue weighted by molar-refractivity contribution is 0.0791. The van der Waals surface area contributed by atoms with Crippen LogP contribution in [-0.4, -0.2) is 64.3 Å². The lowest BCUT2D eigenvalue weighted by atomic mass is 10.2. The first-order chi connectivity index (χ1) is 18.6. The van der Waals surface area contributed by atoms with E-state index in [1.807, 2.05) is 37.3 Å². The van der Waals surface area contributed by atoms with Crippen molar-refractivity contribution in [2.45, 2.75) is 67.9 Å². The molecule has 2 aromatic heterocycles. The summed E-state index contributed by atoms with van der Waals surface area (Å²) < 4.78 is 40.4. The molecule has 2 heterocycles. The Morgan fingerprint density at radius 2 is 1.75 bits per heavy atom. The Hall–Kier alpha value is -2.87. The highest BCUT2D eigenvalue weighted by Crippen LogP contribution is 2.36. The molecule has 10 nitrogen and oxygen atoms in total. The molecule has 0 saturated heterocycles. The lowest BCUT2D eigenvalue weighted by Gasteiger charge is -2.37. The molecule has 1 atom stereocenters. The Morgan fingerprint density at radius 1 is 1.10 bits per heavy atom. The van der Waals surface area contributed by atoms with E-state index in [4.69, 9.17) is 8.84 Å². The average Bonchev–Trinajstić information content (AvgIpc) is 3.37. The third-order valence-electron chi connectivity index (χ3n) is 6.51. The monoisotopic (exact) mass is 605 g/mol. The maximum absolute atomic E-state index is 13.1. The minimum atomic E-state index is -4.16. The summed E-state index contributed by atoms with van der Waals surface area (Å²) in [5.41, 5.74) is 1.08. The number of nitrogens with one attached hydrogen (secondary N) is 2. The van der Waals surface area contributed by atoms with Gasteiger partial charge in [-0.15, -0.1) is 0 Å². The van der Waals surface area contributed by atoms with Crippen LogP contribution >= 0.6 is 11.8 Å². The molecule has 0 saturated carbocycles. The quantitative estimate of drug-likeness (QED) is 0.152. The van der Waals surface area contributed by atoms with Gasteiger partial charge in [0.05, 0.1) is 6.61 Å². The Morgan fingerprint density at radius 3 is 2.38 bits per heavy atom. The van der Waals surface area contributed by atoms with Crippen molar-refractivity contribution >= 4 is 47.6 Å². The highest BCUT2D eigenvalue weighted by Gasteiger charge is 2.37. The number of furan rings is 1. The summed E-state index contributed by atoms with van der Waals surface area (Å²) in [6.07, 6.45) is 0. The van der Waals surface area contributed by atoms with E-state index in [0.29, 0.717) is 23.3 Å². The number of sulfonamides is 1. The van der Waals surface area contributed by atoms with Crippen molar-refractivity contribution in [3.63, 3.8) is 0 Å². The fraction of sp³-hybridized carbons (Fsp3) is 0.444. The molecule has 13 heteroatoms. The molecule has 3 rings (SSSR count). The van der Waals surface area contributed by atoms with Crippen molar-refractivity contribution in [3.05, 3.63) is 59.9 Å². The number of thioether (sulfide) groups is 1. The Balaban J connectivity index is 1.83. The molecule has 2 N–H and O–H groups in total. The molecule has 0 spiro atoms. The minimum absolute atomic E-state index is 0.0717. The SMILES string of the molecule is C[C@H](CO[Si](C)(C)C(C)(C)C)Nc1cc(NS(=O)(=O)c2ccc(C(=O)N(C)C)o2)nc(SCc2ccccc2)n1. The van der Waals surface area contributed by atoms with Crippen LogP contribution in [0.2, 0.25) is 18.1 Å². The summed E-state index contributed by atoms with van der Waals surface area (Å²) in [6.45, 7) is 13.4. The van der Waals surface area contributed by atoms with E-state index >= 15 is 0 Å². The fourth-order valence-electron chi connectivity index (χ4n) is 3.17. The van der Waals surface area contributed by atoms with Crippen LogP contribution in [0.1, 0.15) is 43.8 Å². The Kier molecular flexibility index (Phi) is 10.1. The number of rotatable bonds is 12. The largest absolute Gasteiger partial charge is 0.438 e. The van der Waals surface area contributed by atoms with Crippen LogP contribution in [0.4, 0.5) is 11.6 Å². The molecule has 0 bridgehead atoms. The van der Waals surface area contributed by atoms with Crippen LogP contribution in [0.15, 0.2) is 63.2 Å². The molecule has 3 aromatic rings. The zero-order chi connectivity index (χ0) is 29.7. The molecule has 40 heavy (non-hydrogen) atoms. The molecule has 0 unspecified atom stereocenters. The van der Waals surface area contributed by atoms with Gasteiger partial charge in [-0.05, 0) is 42.8 Å². The number of benzene rings is 1. The summed E-state index contributed by atoms with van der Waals surface area (Å²) in [4.78, 5) is 22.5. The number of carbonyl (C=O) groups is 1. The van der Waals surface area contributed by atoms with Gasteiger partial charge in [-0.3, -0.25) is 9.52 Å². The fourth-order valence-corrected chi connectivity index (χ4v) is 6.01. The summed E-state index contributed by atoms with van der Waals surface area (Å²) >= 11 is 1.39. The number of amides is 1. The second kappa shape index (κ2) is 12.8. The van der Waals surface area contributed by atoms with Gasteiger partial charge in [-0.1, -0.05) is 62.9 Å². The van der Waals surface area contributed by atoms with Crippen LogP contribution in [0, 0.1) is 0 Å². The van der Waals surface area contributed by atoms with Gasteiger partial charge in [-0.2, -0.15) is 8.42 Å². The van der Waals surface area contributed by atoms with Crippen molar-refractivity contribution in [2.75, 3.05) is 30.7 Å². The van der Waals surface area contributed by atoms with Crippen LogP contribution in [-0.2, 0) is 20.2 Å². The second-order valence-electron chi connectivity index (χ2n) is 11.2. The maximum atomic E-state index is 13.1. The molecule has 0 aliphatic heterocycles. The van der Waals surface area contributed by atoms with Gasteiger partial charge in [0.25, 0.3) is 15.9 Å². The molecular weight excluding hydrogens is 567 g/mol. The number of carbonyl (C=O) groups excluding carboxylic acids is 1. The zero-order valence-electron chi connectivity index (χ0n) is 24.3. The van der Waals surface area contributed by atoms with E-state index in [2.05, 4.69) is 53.9 Å². The molecule has 218 valence electrons. The van der Waals surface area contributed by atoms with Crippen molar-refractivity contribution in [2.24, 2.45) is 0 Å². The van der Waals surface area contributed by atoms with Crippen molar-refractivity contribution in [1.82, 2.24) is 14.9 Å². The maximum Gasteiger partial charge on any atom is 0.296 e. The Labute approximate surface area is 242 Å².